The predicted octanol–water partition coefficient (Wildman–Crippen LogP) is -1.82. The quantitative estimate of drug-likeness (QED) is 0.261. The maximum absolute atomic E-state index is 12.4. The Morgan fingerprint density at radius 3 is 1.62 bits per heavy atom. The lowest BCUT2D eigenvalue weighted by Crippen LogP contribution is -2.59. The van der Waals surface area contributed by atoms with Gasteiger partial charge in [0.15, 0.2) is 0 Å². The van der Waals surface area contributed by atoms with E-state index in [0.29, 0.717) is 0 Å². The molecule has 0 aliphatic rings. The van der Waals surface area contributed by atoms with Crippen molar-refractivity contribution in [3.05, 3.63) is 0 Å². The number of carbonyl (C=O) groups excluding carboxylic acids is 3. The smallest absolute Gasteiger partial charge is 0.326 e. The van der Waals surface area contributed by atoms with Crippen LogP contribution in [0.15, 0.2) is 0 Å². The molecule has 4 atom stereocenters. The Hall–Kier alpha value is -2.20. The highest BCUT2D eigenvalue weighted by atomic mass is 16.4. The van der Waals surface area contributed by atoms with Gasteiger partial charge in [-0.15, -0.1) is 0 Å². The fourth-order valence-electron chi connectivity index (χ4n) is 2.04. The summed E-state index contributed by atoms with van der Waals surface area (Å²) < 4.78 is 0. The first kappa shape index (κ1) is 23.8. The Balaban J connectivity index is 5.14. The Morgan fingerprint density at radius 2 is 1.27 bits per heavy atom. The van der Waals surface area contributed by atoms with Crippen LogP contribution in [0.25, 0.3) is 0 Å². The lowest BCUT2D eigenvalue weighted by Gasteiger charge is -2.27. The van der Waals surface area contributed by atoms with Crippen LogP contribution in [-0.4, -0.2) is 64.7 Å². The van der Waals surface area contributed by atoms with Crippen molar-refractivity contribution in [3.8, 4) is 0 Å². The van der Waals surface area contributed by atoms with Gasteiger partial charge in [-0.05, 0) is 18.8 Å². The van der Waals surface area contributed by atoms with Gasteiger partial charge in [-0.25, -0.2) is 4.79 Å². The molecule has 0 aromatic heterocycles. The summed E-state index contributed by atoms with van der Waals surface area (Å²) in [5, 5.41) is 25.6. The first-order chi connectivity index (χ1) is 11.9. The number of hydrogen-bond acceptors (Lipinski definition) is 6. The summed E-state index contributed by atoms with van der Waals surface area (Å²) in [6.45, 7) is 7.37. The molecule has 0 rings (SSSR count). The van der Waals surface area contributed by atoms with Crippen LogP contribution >= 0.6 is 0 Å². The van der Waals surface area contributed by atoms with Gasteiger partial charge in [-0.3, -0.25) is 14.4 Å². The van der Waals surface area contributed by atoms with Gasteiger partial charge in [0.25, 0.3) is 0 Å². The van der Waals surface area contributed by atoms with Gasteiger partial charge < -0.3 is 31.9 Å². The zero-order valence-corrected chi connectivity index (χ0v) is 15.8. The van der Waals surface area contributed by atoms with Crippen LogP contribution in [0, 0.1) is 11.8 Å². The van der Waals surface area contributed by atoms with Crippen molar-refractivity contribution < 1.29 is 29.4 Å². The standard InChI is InChI=1S/C16H30N4O6/c1-7(2)11(15(24)20-12(8(3)4)16(25)26)19-14(23)10(6-21)18-13(22)9(5)17/h7-12,21H,6,17H2,1-5H3,(H,18,22)(H,19,23)(H,20,24)(H,25,26). The topological polar surface area (TPSA) is 171 Å². The summed E-state index contributed by atoms with van der Waals surface area (Å²) >= 11 is 0. The fourth-order valence-corrected chi connectivity index (χ4v) is 2.04. The Kier molecular flexibility index (Phi) is 9.81. The van der Waals surface area contributed by atoms with Crippen molar-refractivity contribution in [1.29, 1.82) is 0 Å². The highest BCUT2D eigenvalue weighted by Gasteiger charge is 2.32. The van der Waals surface area contributed by atoms with E-state index in [1.807, 2.05) is 0 Å². The molecule has 0 aliphatic carbocycles. The van der Waals surface area contributed by atoms with Gasteiger partial charge in [0, 0.05) is 0 Å². The molecule has 3 amide bonds. The summed E-state index contributed by atoms with van der Waals surface area (Å²) in [5.41, 5.74) is 5.40. The van der Waals surface area contributed by atoms with Crippen LogP contribution in [0.4, 0.5) is 0 Å². The summed E-state index contributed by atoms with van der Waals surface area (Å²) in [5.74, 6) is -3.95. The van der Waals surface area contributed by atoms with Crippen LogP contribution in [-0.2, 0) is 19.2 Å². The van der Waals surface area contributed by atoms with Gasteiger partial charge in [-0.2, -0.15) is 0 Å². The molecule has 0 radical (unpaired) electrons. The molecule has 0 bridgehead atoms. The maximum atomic E-state index is 12.4. The van der Waals surface area contributed by atoms with E-state index in [0.717, 1.165) is 0 Å². The number of aliphatic hydroxyl groups is 1. The minimum absolute atomic E-state index is 0.351. The summed E-state index contributed by atoms with van der Waals surface area (Å²) in [6, 6.07) is -4.29. The number of aliphatic carboxylic acids is 1. The van der Waals surface area contributed by atoms with Crippen molar-refractivity contribution in [3.63, 3.8) is 0 Å². The minimum Gasteiger partial charge on any atom is -0.480 e. The minimum atomic E-state index is -1.28. The van der Waals surface area contributed by atoms with Crippen molar-refractivity contribution in [2.24, 2.45) is 17.6 Å². The molecular weight excluding hydrogens is 344 g/mol. The average Bonchev–Trinajstić information content (AvgIpc) is 2.53. The van der Waals surface area contributed by atoms with E-state index in [1.54, 1.807) is 27.7 Å². The number of carbonyl (C=O) groups is 4. The third-order valence-electron chi connectivity index (χ3n) is 3.71. The largest absolute Gasteiger partial charge is 0.480 e. The lowest BCUT2D eigenvalue weighted by molar-refractivity contribution is -0.144. The molecular formula is C16H30N4O6. The number of carboxylic acids is 1. The molecule has 0 spiro atoms. The van der Waals surface area contributed by atoms with E-state index in [1.165, 1.54) is 6.92 Å². The molecule has 0 heterocycles. The van der Waals surface area contributed by atoms with E-state index >= 15 is 0 Å². The van der Waals surface area contributed by atoms with Crippen LogP contribution in [0.5, 0.6) is 0 Å². The number of amides is 3. The number of carboxylic acid groups (broad SMARTS) is 1. The average molecular weight is 374 g/mol. The van der Waals surface area contributed by atoms with E-state index in [-0.39, 0.29) is 11.8 Å². The van der Waals surface area contributed by atoms with Crippen molar-refractivity contribution in [2.75, 3.05) is 6.61 Å². The van der Waals surface area contributed by atoms with Crippen molar-refractivity contribution in [1.82, 2.24) is 16.0 Å². The van der Waals surface area contributed by atoms with Gasteiger partial charge >= 0.3 is 5.97 Å². The Morgan fingerprint density at radius 1 is 0.808 bits per heavy atom. The Labute approximate surface area is 152 Å². The summed E-state index contributed by atoms with van der Waals surface area (Å²) in [4.78, 5) is 47.5. The van der Waals surface area contributed by atoms with E-state index in [2.05, 4.69) is 16.0 Å². The second kappa shape index (κ2) is 10.7. The van der Waals surface area contributed by atoms with E-state index < -0.39 is 54.5 Å². The normalized spacial score (nSPS) is 15.7. The SMILES string of the molecule is CC(N)C(=O)NC(CO)C(=O)NC(C(=O)NC(C(=O)O)C(C)C)C(C)C. The Bertz CT molecular complexity index is 521. The number of nitrogens with one attached hydrogen (secondary N) is 3. The zero-order chi connectivity index (χ0) is 20.6. The monoisotopic (exact) mass is 374 g/mol. The second-order valence-electron chi connectivity index (χ2n) is 6.83. The zero-order valence-electron chi connectivity index (χ0n) is 15.8. The van der Waals surface area contributed by atoms with E-state index in [4.69, 9.17) is 5.73 Å². The molecule has 0 saturated heterocycles. The summed E-state index contributed by atoms with van der Waals surface area (Å²) in [7, 11) is 0. The first-order valence-electron chi connectivity index (χ1n) is 8.42. The van der Waals surface area contributed by atoms with Crippen molar-refractivity contribution >= 4 is 23.7 Å². The highest BCUT2D eigenvalue weighted by molar-refractivity contribution is 5.94. The third-order valence-corrected chi connectivity index (χ3v) is 3.71. The van der Waals surface area contributed by atoms with Crippen LogP contribution in [0.1, 0.15) is 34.6 Å². The van der Waals surface area contributed by atoms with Crippen LogP contribution < -0.4 is 21.7 Å². The molecule has 0 aromatic carbocycles. The molecule has 10 nitrogen and oxygen atoms in total. The highest BCUT2D eigenvalue weighted by Crippen LogP contribution is 2.07. The molecule has 0 saturated carbocycles. The van der Waals surface area contributed by atoms with Crippen molar-refractivity contribution in [2.45, 2.75) is 58.8 Å². The molecule has 4 unspecified atom stereocenters. The first-order valence-corrected chi connectivity index (χ1v) is 8.42. The fraction of sp³-hybridized carbons (Fsp3) is 0.750. The number of rotatable bonds is 10. The van der Waals surface area contributed by atoms with E-state index in [9.17, 15) is 29.4 Å². The molecule has 7 N–H and O–H groups in total. The van der Waals surface area contributed by atoms with Crippen LogP contribution in [0.2, 0.25) is 0 Å². The molecule has 0 fully saturated rings. The van der Waals surface area contributed by atoms with Gasteiger partial charge in [0.05, 0.1) is 12.6 Å². The van der Waals surface area contributed by atoms with Crippen LogP contribution in [0.3, 0.4) is 0 Å². The number of aliphatic hydroxyl groups excluding tert-OH is 1. The molecule has 150 valence electrons. The van der Waals surface area contributed by atoms with Gasteiger partial charge in [-0.1, -0.05) is 27.7 Å². The summed E-state index contributed by atoms with van der Waals surface area (Å²) in [6.07, 6.45) is 0. The maximum Gasteiger partial charge on any atom is 0.326 e. The lowest BCUT2D eigenvalue weighted by atomic mass is 10.00. The molecule has 0 aliphatic heterocycles. The third kappa shape index (κ3) is 7.36. The number of hydrogen-bond donors (Lipinski definition) is 6. The number of nitrogens with two attached hydrogens (primary N) is 1. The second-order valence-corrected chi connectivity index (χ2v) is 6.83. The predicted molar refractivity (Wildman–Crippen MR) is 93.8 cm³/mol. The van der Waals surface area contributed by atoms with Gasteiger partial charge in [0.2, 0.25) is 17.7 Å². The molecule has 26 heavy (non-hydrogen) atoms. The molecule has 0 aromatic rings. The molecule has 10 heteroatoms. The van der Waals surface area contributed by atoms with Gasteiger partial charge in [0.1, 0.15) is 18.1 Å².